The molecule has 1 aliphatic heterocycles. The highest BCUT2D eigenvalue weighted by atomic mass is 35.5. The standard InChI is InChI=1S/C13H25N3O2.ClH/c1-2-4-11(14)13(18)16-8-3-5-10(9-16)6-7-12(15)17;/h10-11H,2-9,14H2,1H3,(H2,15,17);1H. The first-order chi connectivity index (χ1) is 8.54. The first-order valence-corrected chi connectivity index (χ1v) is 6.87. The third kappa shape index (κ3) is 6.25. The Kier molecular flexibility index (Phi) is 8.76. The van der Waals surface area contributed by atoms with Crippen LogP contribution in [0, 0.1) is 5.92 Å². The second-order valence-electron chi connectivity index (χ2n) is 5.19. The van der Waals surface area contributed by atoms with E-state index in [0.29, 0.717) is 12.3 Å². The van der Waals surface area contributed by atoms with Crippen LogP contribution in [0.1, 0.15) is 45.4 Å². The van der Waals surface area contributed by atoms with Crippen LogP contribution in [0.4, 0.5) is 0 Å². The van der Waals surface area contributed by atoms with E-state index in [1.54, 1.807) is 0 Å². The number of primary amides is 1. The van der Waals surface area contributed by atoms with E-state index in [1.165, 1.54) is 0 Å². The maximum absolute atomic E-state index is 12.1. The molecule has 0 radical (unpaired) electrons. The fraction of sp³-hybridized carbons (Fsp3) is 0.846. The first kappa shape index (κ1) is 18.2. The molecule has 1 aliphatic rings. The minimum atomic E-state index is -0.370. The van der Waals surface area contributed by atoms with Gasteiger partial charge in [-0.2, -0.15) is 0 Å². The quantitative estimate of drug-likeness (QED) is 0.766. The number of rotatable bonds is 6. The van der Waals surface area contributed by atoms with Gasteiger partial charge in [-0.15, -0.1) is 12.4 Å². The highest BCUT2D eigenvalue weighted by Crippen LogP contribution is 2.21. The van der Waals surface area contributed by atoms with Crippen molar-refractivity contribution in [3.05, 3.63) is 0 Å². The number of amides is 2. The number of hydrogen-bond acceptors (Lipinski definition) is 3. The van der Waals surface area contributed by atoms with Gasteiger partial charge in [-0.3, -0.25) is 9.59 Å². The van der Waals surface area contributed by atoms with Crippen LogP contribution in [-0.2, 0) is 9.59 Å². The van der Waals surface area contributed by atoms with Crippen LogP contribution >= 0.6 is 12.4 Å². The molecule has 19 heavy (non-hydrogen) atoms. The summed E-state index contributed by atoms with van der Waals surface area (Å²) in [4.78, 5) is 24.7. The van der Waals surface area contributed by atoms with Gasteiger partial charge in [0.2, 0.25) is 11.8 Å². The van der Waals surface area contributed by atoms with Crippen LogP contribution in [0.2, 0.25) is 0 Å². The van der Waals surface area contributed by atoms with Crippen LogP contribution in [0.5, 0.6) is 0 Å². The second kappa shape index (κ2) is 9.15. The average Bonchev–Trinajstić information content (AvgIpc) is 2.36. The maximum Gasteiger partial charge on any atom is 0.239 e. The van der Waals surface area contributed by atoms with Crippen molar-refractivity contribution in [3.8, 4) is 0 Å². The van der Waals surface area contributed by atoms with E-state index in [-0.39, 0.29) is 30.3 Å². The summed E-state index contributed by atoms with van der Waals surface area (Å²) >= 11 is 0. The third-order valence-electron chi connectivity index (χ3n) is 3.55. The fourth-order valence-electron chi connectivity index (χ4n) is 2.52. The SMILES string of the molecule is CCCC(N)C(=O)N1CCCC(CCC(N)=O)C1.Cl. The molecule has 1 heterocycles. The molecule has 4 N–H and O–H groups in total. The third-order valence-corrected chi connectivity index (χ3v) is 3.55. The summed E-state index contributed by atoms with van der Waals surface area (Å²) in [5, 5.41) is 0. The lowest BCUT2D eigenvalue weighted by Crippen LogP contribution is -2.48. The van der Waals surface area contributed by atoms with Gasteiger partial charge in [0.1, 0.15) is 0 Å². The molecule has 0 bridgehead atoms. The molecule has 1 fully saturated rings. The second-order valence-corrected chi connectivity index (χ2v) is 5.19. The molecular weight excluding hydrogens is 266 g/mol. The molecule has 0 aromatic rings. The molecule has 0 aromatic heterocycles. The van der Waals surface area contributed by atoms with Crippen LogP contribution in [0.25, 0.3) is 0 Å². The zero-order chi connectivity index (χ0) is 13.5. The molecule has 0 saturated carbocycles. The Morgan fingerprint density at radius 2 is 2.11 bits per heavy atom. The van der Waals surface area contributed by atoms with E-state index in [0.717, 1.165) is 45.2 Å². The number of piperidine rings is 1. The largest absolute Gasteiger partial charge is 0.370 e. The Bertz CT molecular complexity index is 300. The molecule has 6 heteroatoms. The van der Waals surface area contributed by atoms with E-state index in [1.807, 2.05) is 11.8 Å². The van der Waals surface area contributed by atoms with Crippen LogP contribution in [0.3, 0.4) is 0 Å². The summed E-state index contributed by atoms with van der Waals surface area (Å²) in [5.74, 6) is 0.186. The fourth-order valence-corrected chi connectivity index (χ4v) is 2.52. The van der Waals surface area contributed by atoms with Gasteiger partial charge in [-0.25, -0.2) is 0 Å². The Hall–Kier alpha value is -0.810. The Labute approximate surface area is 121 Å². The van der Waals surface area contributed by atoms with Crippen molar-refractivity contribution in [1.29, 1.82) is 0 Å². The van der Waals surface area contributed by atoms with Gasteiger partial charge in [-0.1, -0.05) is 13.3 Å². The number of hydrogen-bond donors (Lipinski definition) is 2. The smallest absolute Gasteiger partial charge is 0.239 e. The van der Waals surface area contributed by atoms with E-state index in [9.17, 15) is 9.59 Å². The normalized spacial score (nSPS) is 20.5. The maximum atomic E-state index is 12.1. The Morgan fingerprint density at radius 3 is 2.68 bits per heavy atom. The lowest BCUT2D eigenvalue weighted by Gasteiger charge is -2.34. The van der Waals surface area contributed by atoms with Crippen molar-refractivity contribution < 1.29 is 9.59 Å². The molecule has 1 saturated heterocycles. The van der Waals surface area contributed by atoms with Crippen molar-refractivity contribution in [3.63, 3.8) is 0 Å². The number of nitrogens with two attached hydrogens (primary N) is 2. The van der Waals surface area contributed by atoms with Gasteiger partial charge >= 0.3 is 0 Å². The van der Waals surface area contributed by atoms with Crippen molar-refractivity contribution in [1.82, 2.24) is 4.90 Å². The number of likely N-dealkylation sites (tertiary alicyclic amines) is 1. The number of carbonyl (C=O) groups is 2. The number of nitrogens with zero attached hydrogens (tertiary/aromatic N) is 1. The summed E-state index contributed by atoms with van der Waals surface area (Å²) in [7, 11) is 0. The Morgan fingerprint density at radius 1 is 1.42 bits per heavy atom. The van der Waals surface area contributed by atoms with Gasteiger partial charge in [-0.05, 0) is 31.6 Å². The lowest BCUT2D eigenvalue weighted by molar-refractivity contribution is -0.134. The summed E-state index contributed by atoms with van der Waals surface area (Å²) in [6.07, 6.45) is 4.91. The van der Waals surface area contributed by atoms with Crippen LogP contribution < -0.4 is 11.5 Å². The Balaban J connectivity index is 0.00000324. The minimum absolute atomic E-state index is 0. The van der Waals surface area contributed by atoms with Crippen LogP contribution in [0.15, 0.2) is 0 Å². The van der Waals surface area contributed by atoms with Gasteiger partial charge in [0, 0.05) is 19.5 Å². The van der Waals surface area contributed by atoms with Gasteiger partial charge in [0.15, 0.2) is 0 Å². The predicted molar refractivity (Wildman–Crippen MR) is 77.9 cm³/mol. The first-order valence-electron chi connectivity index (χ1n) is 6.87. The summed E-state index contributed by atoms with van der Waals surface area (Å²) < 4.78 is 0. The van der Waals surface area contributed by atoms with E-state index < -0.39 is 0 Å². The van der Waals surface area contributed by atoms with Crippen molar-refractivity contribution in [2.24, 2.45) is 17.4 Å². The molecule has 112 valence electrons. The van der Waals surface area contributed by atoms with Crippen molar-refractivity contribution >= 4 is 24.2 Å². The highest BCUT2D eigenvalue weighted by Gasteiger charge is 2.26. The van der Waals surface area contributed by atoms with Crippen molar-refractivity contribution in [2.75, 3.05) is 13.1 Å². The molecule has 0 aliphatic carbocycles. The topological polar surface area (TPSA) is 89.4 Å². The van der Waals surface area contributed by atoms with Crippen LogP contribution in [-0.4, -0.2) is 35.8 Å². The van der Waals surface area contributed by atoms with E-state index in [2.05, 4.69) is 0 Å². The summed E-state index contributed by atoms with van der Waals surface area (Å²) in [5.41, 5.74) is 11.0. The molecule has 0 aromatic carbocycles. The molecular formula is C13H26ClN3O2. The highest BCUT2D eigenvalue weighted by molar-refractivity contribution is 5.85. The zero-order valence-corrected chi connectivity index (χ0v) is 12.5. The molecule has 0 spiro atoms. The van der Waals surface area contributed by atoms with Crippen molar-refractivity contribution in [2.45, 2.75) is 51.5 Å². The predicted octanol–water partition coefficient (Wildman–Crippen LogP) is 1.04. The summed E-state index contributed by atoms with van der Waals surface area (Å²) in [6.45, 7) is 3.55. The molecule has 2 atom stereocenters. The van der Waals surface area contributed by atoms with Gasteiger partial charge < -0.3 is 16.4 Å². The number of carbonyl (C=O) groups excluding carboxylic acids is 2. The molecule has 2 unspecified atom stereocenters. The van der Waals surface area contributed by atoms with Gasteiger partial charge in [0.25, 0.3) is 0 Å². The molecule has 5 nitrogen and oxygen atoms in total. The van der Waals surface area contributed by atoms with Gasteiger partial charge in [0.05, 0.1) is 6.04 Å². The number of halogens is 1. The monoisotopic (exact) mass is 291 g/mol. The lowest BCUT2D eigenvalue weighted by atomic mass is 9.92. The zero-order valence-electron chi connectivity index (χ0n) is 11.6. The average molecular weight is 292 g/mol. The molecule has 1 rings (SSSR count). The summed E-state index contributed by atoms with van der Waals surface area (Å²) in [6, 6.07) is -0.370. The van der Waals surface area contributed by atoms with E-state index >= 15 is 0 Å². The molecule has 2 amide bonds. The van der Waals surface area contributed by atoms with E-state index in [4.69, 9.17) is 11.5 Å². The minimum Gasteiger partial charge on any atom is -0.370 e.